The maximum absolute atomic E-state index is 2.99. The topological polar surface area (TPSA) is 0 Å². The van der Waals surface area contributed by atoms with Crippen molar-refractivity contribution in [2.45, 2.75) is 818 Å². The molecule has 854 valence electrons. The minimum Gasteiger partial charge on any atom is -0.0772 e. The third-order valence-corrected chi connectivity index (χ3v) is 35.6. The highest BCUT2D eigenvalue weighted by Crippen LogP contribution is 2.54. The van der Waals surface area contributed by atoms with E-state index in [-0.39, 0.29) is 0 Å². The standard InChI is InChI=1S/C49H94.C40H76.C32H60.C24H44/c1-6-11-16-21-26-28-33-38-43-49(44-39-34-29-27-22-17-12-7-2)45-46(40-35-30-23-18-13-8-3)47(41-36-31-24-19-14-9-4)48(49)42-37-32-25-20-15-10-5;1-6-10-14-18-22-23-27-29-33-38-36(5)37(32-28-24-19-15-11-7-2)39(34-30-25-20-16-12-8-3)40(38)35-31-26-21-17-13-9-4;1-5-8-11-14-17-18-19-22-25-31-30(4)26-29-32(31,27-23-20-15-12-9-6-2)28-24-21-16-13-10-7-3;1-4-6-8-10-12-13-14-16-18-23-21-20-22(3)24(23)19-17-15-11-9-7-5-2/h45H,6-44H2,1-5H3;36H,6-35H2,1-5H3;26,29H,5-25,27-28H2,1-4H3;20H,4-19,21H2,1-3H3. The molecular formula is C145H274. The Bertz CT molecular complexity index is 2960. The Labute approximate surface area is 919 Å². The van der Waals surface area contributed by atoms with E-state index >= 15 is 0 Å². The molecule has 0 bridgehead atoms. The summed E-state index contributed by atoms with van der Waals surface area (Å²) in [6.07, 6.45) is 166. The molecule has 0 aliphatic heterocycles. The van der Waals surface area contributed by atoms with Gasteiger partial charge < -0.3 is 0 Å². The maximum Gasteiger partial charge on any atom is 0.0102 e. The van der Waals surface area contributed by atoms with Gasteiger partial charge in [-0.2, -0.15) is 0 Å². The lowest BCUT2D eigenvalue weighted by atomic mass is 9.71. The zero-order valence-electron chi connectivity index (χ0n) is 104. The monoisotopic (exact) mass is 2020 g/mol. The average Bonchev–Trinajstić information content (AvgIpc) is 1.61. The fraction of sp³-hybridized carbons (Fsp3) is 0.890. The van der Waals surface area contributed by atoms with Crippen LogP contribution in [0.2, 0.25) is 0 Å². The minimum absolute atomic E-state index is 0.392. The van der Waals surface area contributed by atoms with E-state index in [9.17, 15) is 0 Å². The van der Waals surface area contributed by atoms with E-state index in [2.05, 4.69) is 142 Å². The summed E-state index contributed by atoms with van der Waals surface area (Å²) in [5.41, 5.74) is 22.7. The molecule has 0 N–H and O–H groups in total. The van der Waals surface area contributed by atoms with E-state index in [1.807, 2.05) is 44.6 Å². The first-order valence-corrected chi connectivity index (χ1v) is 69.0. The van der Waals surface area contributed by atoms with Gasteiger partial charge in [-0.1, -0.05) is 707 Å². The first-order valence-electron chi connectivity index (χ1n) is 69.0. The van der Waals surface area contributed by atoms with Gasteiger partial charge in [0.05, 0.1) is 0 Å². The van der Waals surface area contributed by atoms with E-state index in [0.717, 1.165) is 5.92 Å². The van der Waals surface area contributed by atoms with Crippen LogP contribution in [0, 0.1) is 16.7 Å². The largest absolute Gasteiger partial charge is 0.0772 e. The Kier molecular flexibility index (Phi) is 104. The highest BCUT2D eigenvalue weighted by Gasteiger charge is 2.39. The highest BCUT2D eigenvalue weighted by atomic mass is 14.4. The van der Waals surface area contributed by atoms with Gasteiger partial charge in [0, 0.05) is 10.8 Å². The molecule has 0 aromatic rings. The SMILES string of the molecule is CCCCCCCCCCC1(CCCCCCCCCC)C=C(CCCCCCCC)C(CCCCCCCC)=C1CCCCCCCC.CCCCCCCCCCC1=C(C)C=CC1(CCCCCCCC)CCCCCCCC.CCCCCCCCCCC1=C(CCCCCCCC)C(C)=CC1.CCCCCCCCCCC1=C(CCCCCCCC)C(CCCCCCCC)=C(CCCCCCCC)C1C. The summed E-state index contributed by atoms with van der Waals surface area (Å²) in [7, 11) is 0. The first-order chi connectivity index (χ1) is 71.4. The van der Waals surface area contributed by atoms with Crippen molar-refractivity contribution in [3.63, 3.8) is 0 Å². The fourth-order valence-corrected chi connectivity index (χ4v) is 25.9. The molecule has 0 heteroatoms. The molecule has 0 aromatic carbocycles. The molecular weight excluding hydrogens is 1740 g/mol. The van der Waals surface area contributed by atoms with E-state index in [4.69, 9.17) is 0 Å². The highest BCUT2D eigenvalue weighted by molar-refractivity contribution is 5.51. The van der Waals surface area contributed by atoms with Gasteiger partial charge in [0.25, 0.3) is 0 Å². The number of rotatable bonds is 108. The summed E-state index contributed by atoms with van der Waals surface area (Å²) in [6.45, 7) is 40.0. The zero-order chi connectivity index (χ0) is 105. The van der Waals surface area contributed by atoms with Crippen LogP contribution in [0.4, 0.5) is 0 Å². The Morgan fingerprint density at radius 1 is 0.193 bits per heavy atom. The molecule has 0 saturated heterocycles. The van der Waals surface area contributed by atoms with Crippen LogP contribution in [0.15, 0.2) is 91.2 Å². The average molecular weight is 2020 g/mol. The number of unbranched alkanes of at least 4 members (excludes halogenated alkanes) is 80. The van der Waals surface area contributed by atoms with Crippen LogP contribution < -0.4 is 0 Å². The lowest BCUT2D eigenvalue weighted by Gasteiger charge is -2.33. The van der Waals surface area contributed by atoms with Crippen molar-refractivity contribution >= 4 is 0 Å². The van der Waals surface area contributed by atoms with E-state index in [1.165, 1.54) is 700 Å². The maximum atomic E-state index is 2.99. The second kappa shape index (κ2) is 107. The van der Waals surface area contributed by atoms with Crippen LogP contribution >= 0.6 is 0 Å². The molecule has 0 radical (unpaired) electrons. The number of hydrogen-bond donors (Lipinski definition) is 0. The lowest BCUT2D eigenvalue weighted by Crippen LogP contribution is -2.20. The van der Waals surface area contributed by atoms with Crippen molar-refractivity contribution in [3.8, 4) is 0 Å². The normalized spacial score (nSPS) is 14.9. The molecule has 0 nitrogen and oxygen atoms in total. The molecule has 145 heavy (non-hydrogen) atoms. The summed E-state index contributed by atoms with van der Waals surface area (Å²) in [5, 5.41) is 0. The van der Waals surface area contributed by atoms with Crippen molar-refractivity contribution < 1.29 is 0 Å². The van der Waals surface area contributed by atoms with Gasteiger partial charge in [-0.3, -0.25) is 0 Å². The van der Waals surface area contributed by atoms with Crippen LogP contribution in [0.3, 0.4) is 0 Å². The summed E-state index contributed by atoms with van der Waals surface area (Å²) >= 11 is 0. The predicted octanol–water partition coefficient (Wildman–Crippen LogP) is 54.3. The van der Waals surface area contributed by atoms with Gasteiger partial charge in [0.1, 0.15) is 0 Å². The molecule has 1 atom stereocenters. The van der Waals surface area contributed by atoms with Gasteiger partial charge >= 0.3 is 0 Å². The summed E-state index contributed by atoms with van der Waals surface area (Å²) in [5.74, 6) is 0.741. The van der Waals surface area contributed by atoms with Gasteiger partial charge in [-0.05, 0) is 208 Å². The van der Waals surface area contributed by atoms with Crippen molar-refractivity contribution in [1.82, 2.24) is 0 Å². The lowest BCUT2D eigenvalue weighted by molar-refractivity contribution is 0.341. The molecule has 4 aliphatic rings. The first kappa shape index (κ1) is 141. The Balaban J connectivity index is 0.000000995. The minimum atomic E-state index is 0.392. The van der Waals surface area contributed by atoms with Crippen molar-refractivity contribution in [1.29, 1.82) is 0 Å². The summed E-state index contributed by atoms with van der Waals surface area (Å²) in [4.78, 5) is 0. The summed E-state index contributed by atoms with van der Waals surface area (Å²) in [6, 6.07) is 0. The van der Waals surface area contributed by atoms with Crippen LogP contribution in [-0.2, 0) is 0 Å². The van der Waals surface area contributed by atoms with Crippen molar-refractivity contribution in [2.75, 3.05) is 0 Å². The molecule has 0 fully saturated rings. The third kappa shape index (κ3) is 75.4. The van der Waals surface area contributed by atoms with Crippen molar-refractivity contribution in [3.05, 3.63) is 91.2 Å². The number of hydrogen-bond acceptors (Lipinski definition) is 0. The van der Waals surface area contributed by atoms with Crippen LogP contribution in [0.25, 0.3) is 0 Å². The molecule has 0 spiro atoms. The molecule has 1 unspecified atom stereocenters. The van der Waals surface area contributed by atoms with Gasteiger partial charge in [0.15, 0.2) is 0 Å². The summed E-state index contributed by atoms with van der Waals surface area (Å²) < 4.78 is 0. The van der Waals surface area contributed by atoms with E-state index in [0.29, 0.717) is 10.8 Å². The van der Waals surface area contributed by atoms with E-state index in [1.54, 1.807) is 22.3 Å². The van der Waals surface area contributed by atoms with Gasteiger partial charge in [-0.15, -0.1) is 0 Å². The molecule has 0 aromatic heterocycles. The predicted molar refractivity (Wildman–Crippen MR) is 669 cm³/mol. The molecule has 4 rings (SSSR count). The smallest absolute Gasteiger partial charge is 0.0102 e. The Morgan fingerprint density at radius 2 is 0.393 bits per heavy atom. The van der Waals surface area contributed by atoms with Gasteiger partial charge in [0.2, 0.25) is 0 Å². The van der Waals surface area contributed by atoms with Crippen LogP contribution in [0.1, 0.15) is 818 Å². The second-order valence-corrected chi connectivity index (χ2v) is 49.1. The zero-order valence-corrected chi connectivity index (χ0v) is 104. The van der Waals surface area contributed by atoms with E-state index < -0.39 is 0 Å². The van der Waals surface area contributed by atoms with Crippen LogP contribution in [-0.4, -0.2) is 0 Å². The Morgan fingerprint density at radius 3 is 0.662 bits per heavy atom. The molecule has 0 saturated carbocycles. The van der Waals surface area contributed by atoms with Crippen LogP contribution in [0.5, 0.6) is 0 Å². The quantitative estimate of drug-likeness (QED) is 0.0533. The van der Waals surface area contributed by atoms with Crippen molar-refractivity contribution in [2.24, 2.45) is 16.7 Å². The second-order valence-electron chi connectivity index (χ2n) is 49.1. The fourth-order valence-electron chi connectivity index (χ4n) is 25.9. The molecule has 4 aliphatic carbocycles. The Hall–Kier alpha value is -2.08. The third-order valence-electron chi connectivity index (χ3n) is 35.6. The molecule has 0 amide bonds. The molecule has 0 heterocycles. The number of allylic oxidation sites excluding steroid dienone is 16. The van der Waals surface area contributed by atoms with Gasteiger partial charge in [-0.25, -0.2) is 0 Å².